The van der Waals surface area contributed by atoms with Gasteiger partial charge in [-0.1, -0.05) is 30.3 Å². The predicted molar refractivity (Wildman–Crippen MR) is 132 cm³/mol. The van der Waals surface area contributed by atoms with Crippen LogP contribution in [0.4, 0.5) is 14.9 Å². The number of thiophene rings is 1. The lowest BCUT2D eigenvalue weighted by Gasteiger charge is -2.36. The van der Waals surface area contributed by atoms with E-state index in [1.807, 2.05) is 58.0 Å². The van der Waals surface area contributed by atoms with E-state index in [1.165, 1.54) is 12.1 Å². The summed E-state index contributed by atoms with van der Waals surface area (Å²) in [5, 5.41) is 2.88. The minimum absolute atomic E-state index is 0.0757. The number of aryl methyl sites for hydroxylation is 1. The highest BCUT2D eigenvalue weighted by atomic mass is 32.1. The molecule has 0 aliphatic carbocycles. The second kappa shape index (κ2) is 10.6. The first-order valence-electron chi connectivity index (χ1n) is 10.8. The molecule has 0 aliphatic rings. The van der Waals surface area contributed by atoms with E-state index in [-0.39, 0.29) is 24.3 Å². The second-order valence-electron chi connectivity index (χ2n) is 8.94. The minimum atomic E-state index is -0.574. The van der Waals surface area contributed by atoms with Crippen LogP contribution in [-0.2, 0) is 17.9 Å². The average molecular weight is 468 g/mol. The third-order valence-corrected chi connectivity index (χ3v) is 6.14. The third-order valence-electron chi connectivity index (χ3n) is 5.16. The van der Waals surface area contributed by atoms with Gasteiger partial charge in [0.25, 0.3) is 0 Å². The fourth-order valence-corrected chi connectivity index (χ4v) is 4.27. The average Bonchev–Trinajstić information content (AvgIpc) is 3.17. The molecule has 0 saturated heterocycles. The lowest BCUT2D eigenvalue weighted by atomic mass is 10.1. The number of hydrogen-bond acceptors (Lipinski definition) is 3. The number of rotatable bonds is 7. The van der Waals surface area contributed by atoms with Gasteiger partial charge in [0.05, 0.1) is 6.54 Å². The van der Waals surface area contributed by atoms with Gasteiger partial charge in [0.1, 0.15) is 12.4 Å². The Labute approximate surface area is 198 Å². The molecule has 33 heavy (non-hydrogen) atoms. The Morgan fingerprint density at radius 3 is 2.18 bits per heavy atom. The number of benzene rings is 2. The Morgan fingerprint density at radius 1 is 0.939 bits per heavy atom. The van der Waals surface area contributed by atoms with Crippen LogP contribution in [-0.4, -0.2) is 33.8 Å². The number of anilines is 1. The van der Waals surface area contributed by atoms with Crippen molar-refractivity contribution in [2.75, 3.05) is 11.9 Å². The van der Waals surface area contributed by atoms with Gasteiger partial charge >= 0.3 is 6.03 Å². The molecule has 0 radical (unpaired) electrons. The van der Waals surface area contributed by atoms with Crippen molar-refractivity contribution in [3.05, 3.63) is 87.9 Å². The maximum absolute atomic E-state index is 13.5. The quantitative estimate of drug-likeness (QED) is 0.459. The maximum atomic E-state index is 13.5. The van der Waals surface area contributed by atoms with Crippen LogP contribution < -0.4 is 5.32 Å². The Balaban J connectivity index is 1.80. The van der Waals surface area contributed by atoms with E-state index >= 15 is 0 Å². The standard InChI is InChI=1S/C26H30FN3O2S/c1-19-10-15-23(33-19)17-29(16-20-11-13-21(27)14-12-20)24(31)18-30(26(2,3)4)25(32)28-22-8-6-5-7-9-22/h5-15H,16-18H2,1-4H3,(H,28,32). The molecule has 5 nitrogen and oxygen atoms in total. The van der Waals surface area contributed by atoms with Crippen molar-refractivity contribution in [2.45, 2.75) is 46.3 Å². The summed E-state index contributed by atoms with van der Waals surface area (Å²) in [7, 11) is 0. The Hall–Kier alpha value is -3.19. The number of amides is 3. The van der Waals surface area contributed by atoms with E-state index in [0.29, 0.717) is 18.8 Å². The smallest absolute Gasteiger partial charge is 0.322 e. The van der Waals surface area contributed by atoms with Crippen molar-refractivity contribution >= 4 is 29.0 Å². The second-order valence-corrected chi connectivity index (χ2v) is 10.3. The monoisotopic (exact) mass is 467 g/mol. The molecule has 2 aromatic carbocycles. The molecule has 0 spiro atoms. The van der Waals surface area contributed by atoms with Crippen molar-refractivity contribution in [3.63, 3.8) is 0 Å². The number of carbonyl (C=O) groups is 2. The number of nitrogens with one attached hydrogen (secondary N) is 1. The van der Waals surface area contributed by atoms with Crippen molar-refractivity contribution < 1.29 is 14.0 Å². The van der Waals surface area contributed by atoms with Crippen LogP contribution in [0.5, 0.6) is 0 Å². The molecule has 3 rings (SSSR count). The van der Waals surface area contributed by atoms with Gasteiger partial charge in [-0.3, -0.25) is 4.79 Å². The van der Waals surface area contributed by atoms with E-state index in [0.717, 1.165) is 15.3 Å². The van der Waals surface area contributed by atoms with Crippen LogP contribution in [0.3, 0.4) is 0 Å². The molecule has 0 aliphatic heterocycles. The van der Waals surface area contributed by atoms with E-state index < -0.39 is 5.54 Å². The molecule has 0 bridgehead atoms. The normalized spacial score (nSPS) is 11.2. The molecule has 7 heteroatoms. The summed E-state index contributed by atoms with van der Waals surface area (Å²) < 4.78 is 13.4. The van der Waals surface area contributed by atoms with Gasteiger partial charge < -0.3 is 15.1 Å². The minimum Gasteiger partial charge on any atom is -0.332 e. The van der Waals surface area contributed by atoms with Crippen molar-refractivity contribution in [2.24, 2.45) is 0 Å². The molecule has 0 unspecified atom stereocenters. The molecule has 0 saturated carbocycles. The zero-order valence-electron chi connectivity index (χ0n) is 19.5. The first-order valence-corrected chi connectivity index (χ1v) is 11.6. The number of urea groups is 1. The van der Waals surface area contributed by atoms with Gasteiger partial charge in [-0.15, -0.1) is 11.3 Å². The first kappa shape index (κ1) is 24.5. The molecule has 3 aromatic rings. The number of hydrogen-bond donors (Lipinski definition) is 1. The SMILES string of the molecule is Cc1ccc(CN(Cc2ccc(F)cc2)C(=O)CN(C(=O)Nc2ccccc2)C(C)(C)C)s1. The highest BCUT2D eigenvalue weighted by Crippen LogP contribution is 2.21. The highest BCUT2D eigenvalue weighted by Gasteiger charge is 2.30. The molecular formula is C26H30FN3O2S. The van der Waals surface area contributed by atoms with Crippen molar-refractivity contribution in [1.29, 1.82) is 0 Å². The number of para-hydroxylation sites is 1. The highest BCUT2D eigenvalue weighted by molar-refractivity contribution is 7.11. The lowest BCUT2D eigenvalue weighted by molar-refractivity contribution is -0.133. The predicted octanol–water partition coefficient (Wildman–Crippen LogP) is 6.06. The number of carbonyl (C=O) groups excluding carboxylic acids is 2. The summed E-state index contributed by atoms with van der Waals surface area (Å²) in [5.41, 5.74) is 0.922. The van der Waals surface area contributed by atoms with Gasteiger partial charge in [0.15, 0.2) is 0 Å². The fourth-order valence-electron chi connectivity index (χ4n) is 3.36. The summed E-state index contributed by atoms with van der Waals surface area (Å²) in [6, 6.07) is 19.0. The molecular weight excluding hydrogens is 437 g/mol. The van der Waals surface area contributed by atoms with Crippen molar-refractivity contribution in [1.82, 2.24) is 9.80 Å². The Kier molecular flexibility index (Phi) is 7.87. The molecule has 0 fully saturated rings. The van der Waals surface area contributed by atoms with Crippen LogP contribution in [0, 0.1) is 12.7 Å². The van der Waals surface area contributed by atoms with Crippen LogP contribution in [0.1, 0.15) is 36.1 Å². The molecule has 1 heterocycles. The zero-order chi connectivity index (χ0) is 24.0. The van der Waals surface area contributed by atoms with Crippen LogP contribution in [0.25, 0.3) is 0 Å². The summed E-state index contributed by atoms with van der Waals surface area (Å²) in [6.07, 6.45) is 0. The van der Waals surface area contributed by atoms with E-state index in [2.05, 4.69) is 5.32 Å². The van der Waals surface area contributed by atoms with Gasteiger partial charge in [-0.05, 0) is 69.7 Å². The first-order chi connectivity index (χ1) is 15.6. The van der Waals surface area contributed by atoms with Gasteiger partial charge in [-0.2, -0.15) is 0 Å². The van der Waals surface area contributed by atoms with Crippen LogP contribution in [0.15, 0.2) is 66.7 Å². The van der Waals surface area contributed by atoms with Crippen LogP contribution in [0.2, 0.25) is 0 Å². The zero-order valence-corrected chi connectivity index (χ0v) is 20.3. The Morgan fingerprint density at radius 2 is 1.61 bits per heavy atom. The van der Waals surface area contributed by atoms with E-state index in [1.54, 1.807) is 45.4 Å². The summed E-state index contributed by atoms with van der Waals surface area (Å²) >= 11 is 1.63. The number of nitrogens with zero attached hydrogens (tertiary/aromatic N) is 2. The third kappa shape index (κ3) is 7.15. The van der Waals surface area contributed by atoms with Gasteiger partial charge in [0.2, 0.25) is 5.91 Å². The fraction of sp³-hybridized carbons (Fsp3) is 0.308. The Bertz CT molecular complexity index is 1070. The lowest BCUT2D eigenvalue weighted by Crippen LogP contribution is -2.52. The van der Waals surface area contributed by atoms with Gasteiger partial charge in [0, 0.05) is 27.5 Å². The largest absolute Gasteiger partial charge is 0.332 e. The molecule has 174 valence electrons. The van der Waals surface area contributed by atoms with Crippen LogP contribution >= 0.6 is 11.3 Å². The van der Waals surface area contributed by atoms with E-state index in [9.17, 15) is 14.0 Å². The molecule has 1 aromatic heterocycles. The number of halogens is 1. The van der Waals surface area contributed by atoms with Gasteiger partial charge in [-0.25, -0.2) is 9.18 Å². The van der Waals surface area contributed by atoms with Crippen molar-refractivity contribution in [3.8, 4) is 0 Å². The van der Waals surface area contributed by atoms with E-state index in [4.69, 9.17) is 0 Å². The summed E-state index contributed by atoms with van der Waals surface area (Å²) in [6.45, 7) is 8.40. The summed E-state index contributed by atoms with van der Waals surface area (Å²) in [5.74, 6) is -0.495. The molecule has 0 atom stereocenters. The topological polar surface area (TPSA) is 52.7 Å². The molecule has 1 N–H and O–H groups in total. The molecule has 3 amide bonds. The summed E-state index contributed by atoms with van der Waals surface area (Å²) in [4.78, 5) is 32.0. The maximum Gasteiger partial charge on any atom is 0.322 e.